The van der Waals surface area contributed by atoms with Crippen molar-refractivity contribution in [2.75, 3.05) is 27.2 Å². The first-order chi connectivity index (χ1) is 19.1. The molecule has 1 atom stereocenters. The minimum absolute atomic E-state index is 0.111. The zero-order valence-electron chi connectivity index (χ0n) is 22.5. The molecule has 0 radical (unpaired) electrons. The Balaban J connectivity index is 1.19. The average Bonchev–Trinajstić information content (AvgIpc) is 3.39. The van der Waals surface area contributed by atoms with Gasteiger partial charge in [0, 0.05) is 12.6 Å². The lowest BCUT2D eigenvalue weighted by Crippen LogP contribution is -2.40. The molecule has 4 rings (SSSR count). The van der Waals surface area contributed by atoms with Crippen LogP contribution in [0.5, 0.6) is 0 Å². The second-order valence-electron chi connectivity index (χ2n) is 10.3. The molecule has 214 valence electrons. The third kappa shape index (κ3) is 7.72. The normalized spacial score (nSPS) is 18.3. The number of hydrogen-bond acceptors (Lipinski definition) is 8. The van der Waals surface area contributed by atoms with Crippen molar-refractivity contribution >= 4 is 21.7 Å². The number of benzene rings is 2. The molecule has 12 heteroatoms. The smallest absolute Gasteiger partial charge is 0.315 e. The number of carbonyl (C=O) groups excluding carboxylic acids is 2. The van der Waals surface area contributed by atoms with Crippen LogP contribution < -0.4 is 10.6 Å². The van der Waals surface area contributed by atoms with Crippen molar-refractivity contribution in [3.05, 3.63) is 77.7 Å². The predicted octanol–water partition coefficient (Wildman–Crippen LogP) is 3.14. The van der Waals surface area contributed by atoms with Crippen LogP contribution >= 0.6 is 0 Å². The molecule has 3 aromatic rings. The quantitative estimate of drug-likeness (QED) is 0.359. The first-order valence-corrected chi connectivity index (χ1v) is 14.8. The lowest BCUT2D eigenvalue weighted by Gasteiger charge is -2.37. The fraction of sp³-hybridized carbons (Fsp3) is 0.429. The van der Waals surface area contributed by atoms with Crippen LogP contribution in [0.2, 0.25) is 0 Å². The van der Waals surface area contributed by atoms with Gasteiger partial charge in [0.1, 0.15) is 11.6 Å². The maximum absolute atomic E-state index is 13.8. The first-order valence-electron chi connectivity index (χ1n) is 13.2. The maximum atomic E-state index is 13.8. The third-order valence-electron chi connectivity index (χ3n) is 7.17. The molecule has 2 amide bonds. The second kappa shape index (κ2) is 13.1. The van der Waals surface area contributed by atoms with Gasteiger partial charge in [-0.3, -0.25) is 9.59 Å². The summed E-state index contributed by atoms with van der Waals surface area (Å²) in [7, 11) is 0.327. The van der Waals surface area contributed by atoms with Crippen LogP contribution in [0.4, 0.5) is 4.39 Å². The summed E-state index contributed by atoms with van der Waals surface area (Å²) in [6, 6.07) is 14.7. The van der Waals surface area contributed by atoms with Crippen molar-refractivity contribution in [2.45, 2.75) is 42.4 Å². The zero-order valence-corrected chi connectivity index (χ0v) is 23.4. The molecular formula is C28H34FN5O5S. The maximum Gasteiger partial charge on any atom is 0.315 e. The van der Waals surface area contributed by atoms with E-state index in [1.807, 2.05) is 20.2 Å². The Morgan fingerprint density at radius 3 is 2.45 bits per heavy atom. The van der Waals surface area contributed by atoms with Gasteiger partial charge in [-0.2, -0.15) is 4.98 Å². The summed E-state index contributed by atoms with van der Waals surface area (Å²) in [5, 5.41) is 8.86. The van der Waals surface area contributed by atoms with E-state index in [1.54, 1.807) is 30.3 Å². The molecule has 0 spiro atoms. The third-order valence-corrected chi connectivity index (χ3v) is 8.79. The molecule has 40 heavy (non-hydrogen) atoms. The summed E-state index contributed by atoms with van der Waals surface area (Å²) in [5.74, 6) is -1.73. The highest BCUT2D eigenvalue weighted by molar-refractivity contribution is 7.90. The molecule has 0 saturated heterocycles. The lowest BCUT2D eigenvalue weighted by atomic mass is 9.76. The van der Waals surface area contributed by atoms with Gasteiger partial charge in [-0.1, -0.05) is 35.5 Å². The molecule has 1 saturated carbocycles. The molecule has 1 aromatic heterocycles. The molecule has 0 aliphatic heterocycles. The summed E-state index contributed by atoms with van der Waals surface area (Å²) in [6.45, 7) is 0.215. The van der Waals surface area contributed by atoms with E-state index in [4.69, 9.17) is 4.52 Å². The number of aromatic nitrogens is 2. The van der Waals surface area contributed by atoms with Gasteiger partial charge in [-0.15, -0.1) is 0 Å². The fourth-order valence-corrected chi connectivity index (χ4v) is 6.43. The average molecular weight is 572 g/mol. The van der Waals surface area contributed by atoms with Crippen LogP contribution in [-0.4, -0.2) is 62.5 Å². The molecule has 1 aliphatic rings. The summed E-state index contributed by atoms with van der Waals surface area (Å²) in [6.07, 6.45) is 3.81. The lowest BCUT2D eigenvalue weighted by molar-refractivity contribution is -0.120. The Hall–Kier alpha value is -3.64. The Labute approximate surface area is 233 Å². The van der Waals surface area contributed by atoms with E-state index >= 15 is 0 Å². The van der Waals surface area contributed by atoms with Gasteiger partial charge in [0.2, 0.25) is 5.91 Å². The van der Waals surface area contributed by atoms with E-state index in [1.165, 1.54) is 18.2 Å². The number of nitrogens with one attached hydrogen (secondary N) is 2. The molecule has 10 nitrogen and oxygen atoms in total. The molecule has 1 aliphatic carbocycles. The zero-order chi connectivity index (χ0) is 28.7. The molecular weight excluding hydrogens is 537 g/mol. The van der Waals surface area contributed by atoms with Gasteiger partial charge in [0.25, 0.3) is 0 Å². The number of carbonyl (C=O) groups is 2. The van der Waals surface area contributed by atoms with E-state index in [-0.39, 0.29) is 35.0 Å². The van der Waals surface area contributed by atoms with Gasteiger partial charge < -0.3 is 20.1 Å². The van der Waals surface area contributed by atoms with Crippen molar-refractivity contribution < 1.29 is 26.9 Å². The van der Waals surface area contributed by atoms with Gasteiger partial charge >= 0.3 is 11.8 Å². The van der Waals surface area contributed by atoms with Crippen LogP contribution in [0.25, 0.3) is 0 Å². The Morgan fingerprint density at radius 2 is 1.77 bits per heavy atom. The topological polar surface area (TPSA) is 134 Å². The molecule has 2 aromatic carbocycles. The number of hydrogen-bond donors (Lipinski definition) is 2. The summed E-state index contributed by atoms with van der Waals surface area (Å²) in [4.78, 5) is 30.8. The van der Waals surface area contributed by atoms with E-state index in [0.29, 0.717) is 18.4 Å². The number of rotatable bonds is 11. The standard InChI is InChI=1S/C28H34FN5O5S/c1-34(2)26(21-7-6-8-22(29)15-21)20-13-11-19(12-14-20)16-30-25(35)17-31-27(36)28-32-24(33-39-28)18-40(37,38)23-9-4-3-5-10-23/h3-10,15,19-20,26H,11-14,16-18H2,1-2H3,(H,30,35)(H,31,36). The summed E-state index contributed by atoms with van der Waals surface area (Å²) in [5.41, 5.74) is 0.976. The van der Waals surface area contributed by atoms with Crippen LogP contribution in [0, 0.1) is 17.7 Å². The van der Waals surface area contributed by atoms with Crippen LogP contribution in [0.1, 0.15) is 53.8 Å². The first kappa shape index (κ1) is 29.3. The minimum atomic E-state index is -3.70. The highest BCUT2D eigenvalue weighted by Crippen LogP contribution is 2.39. The van der Waals surface area contributed by atoms with Crippen molar-refractivity contribution in [1.29, 1.82) is 0 Å². The van der Waals surface area contributed by atoms with E-state index in [2.05, 4.69) is 25.7 Å². The summed E-state index contributed by atoms with van der Waals surface area (Å²) >= 11 is 0. The van der Waals surface area contributed by atoms with Crippen molar-refractivity contribution in [3.8, 4) is 0 Å². The molecule has 2 N–H and O–H groups in total. The van der Waals surface area contributed by atoms with Gasteiger partial charge in [-0.05, 0) is 81.4 Å². The van der Waals surface area contributed by atoms with E-state index < -0.39 is 27.4 Å². The molecule has 1 unspecified atom stereocenters. The predicted molar refractivity (Wildman–Crippen MR) is 145 cm³/mol. The highest BCUT2D eigenvalue weighted by Gasteiger charge is 2.30. The largest absolute Gasteiger partial charge is 0.354 e. The number of amides is 2. The number of sulfone groups is 1. The number of nitrogens with zero attached hydrogens (tertiary/aromatic N) is 3. The van der Waals surface area contributed by atoms with Gasteiger partial charge in [-0.25, -0.2) is 12.8 Å². The monoisotopic (exact) mass is 571 g/mol. The van der Waals surface area contributed by atoms with Crippen molar-refractivity contribution in [2.24, 2.45) is 11.8 Å². The van der Waals surface area contributed by atoms with Crippen LogP contribution in [0.3, 0.4) is 0 Å². The molecule has 1 fully saturated rings. The Bertz CT molecular complexity index is 1410. The van der Waals surface area contributed by atoms with Gasteiger partial charge in [0.15, 0.2) is 15.7 Å². The Kier molecular flexibility index (Phi) is 9.64. The SMILES string of the molecule is CN(C)C(c1cccc(F)c1)C1CCC(CNC(=O)CNC(=O)c2nc(CS(=O)(=O)c3ccccc3)no2)CC1. The summed E-state index contributed by atoms with van der Waals surface area (Å²) < 4.78 is 43.6. The van der Waals surface area contributed by atoms with Crippen molar-refractivity contribution in [3.63, 3.8) is 0 Å². The minimum Gasteiger partial charge on any atom is -0.354 e. The van der Waals surface area contributed by atoms with Gasteiger partial charge in [0.05, 0.1) is 11.4 Å². The molecule has 1 heterocycles. The van der Waals surface area contributed by atoms with Crippen LogP contribution in [-0.2, 0) is 20.4 Å². The van der Waals surface area contributed by atoms with Crippen LogP contribution in [0.15, 0.2) is 64.0 Å². The van der Waals surface area contributed by atoms with E-state index in [9.17, 15) is 22.4 Å². The van der Waals surface area contributed by atoms with E-state index in [0.717, 1.165) is 31.2 Å². The Morgan fingerprint density at radius 1 is 1.05 bits per heavy atom. The van der Waals surface area contributed by atoms with Crippen molar-refractivity contribution in [1.82, 2.24) is 25.7 Å². The number of halogens is 1. The highest BCUT2D eigenvalue weighted by atomic mass is 32.2. The fourth-order valence-electron chi connectivity index (χ4n) is 5.23. The molecule has 0 bridgehead atoms. The second-order valence-corrected chi connectivity index (χ2v) is 12.3.